The number of imide groups is 1. The van der Waals surface area contributed by atoms with E-state index < -0.39 is 5.54 Å². The number of likely N-dealkylation sites (N-methyl/N-ethyl adjacent to an activating group) is 1. The maximum absolute atomic E-state index is 12.4. The number of nitrogens with zero attached hydrogens (tertiary/aromatic N) is 3. The molecule has 2 aliphatic rings. The lowest BCUT2D eigenvalue weighted by Gasteiger charge is -2.13. The normalized spacial score (nSPS) is 20.1. The number of thiophene rings is 1. The third-order valence-electron chi connectivity index (χ3n) is 4.50. The zero-order chi connectivity index (χ0) is 14.8. The second-order valence-corrected chi connectivity index (χ2v) is 6.96. The molecule has 3 heterocycles. The first kappa shape index (κ1) is 12.8. The van der Waals surface area contributed by atoms with Crippen LogP contribution in [0.1, 0.15) is 23.3 Å². The fraction of sp³-hybridized carbons (Fsp3) is 0.400. The predicted octanol–water partition coefficient (Wildman–Crippen LogP) is 2.53. The lowest BCUT2D eigenvalue weighted by Crippen LogP contribution is -2.33. The smallest absolute Gasteiger partial charge is 0.313 e. The maximum atomic E-state index is 12.4. The van der Waals surface area contributed by atoms with Crippen LogP contribution in [0.3, 0.4) is 0 Å². The zero-order valence-corrected chi connectivity index (χ0v) is 12.7. The number of amides is 3. The highest BCUT2D eigenvalue weighted by atomic mass is 32.1. The van der Waals surface area contributed by atoms with Crippen LogP contribution < -0.4 is 0 Å². The van der Waals surface area contributed by atoms with E-state index in [1.54, 1.807) is 29.5 Å². The second-order valence-electron chi connectivity index (χ2n) is 5.82. The van der Waals surface area contributed by atoms with Gasteiger partial charge < -0.3 is 4.90 Å². The van der Waals surface area contributed by atoms with Gasteiger partial charge in [0, 0.05) is 18.1 Å². The van der Waals surface area contributed by atoms with Gasteiger partial charge in [0.2, 0.25) is 0 Å². The first-order valence-corrected chi connectivity index (χ1v) is 7.78. The van der Waals surface area contributed by atoms with E-state index in [1.807, 2.05) is 19.1 Å². The predicted molar refractivity (Wildman–Crippen MR) is 80.0 cm³/mol. The van der Waals surface area contributed by atoms with Gasteiger partial charge in [0.15, 0.2) is 0 Å². The van der Waals surface area contributed by atoms with Crippen molar-refractivity contribution in [1.29, 1.82) is 0 Å². The zero-order valence-electron chi connectivity index (χ0n) is 11.9. The summed E-state index contributed by atoms with van der Waals surface area (Å²) in [6.07, 6.45) is 3.36. The standard InChI is InChI=1S/C15H15N3O2S/c1-9-3-6-16-11-7-10(21-12(9)11)8-18-13(19)15(4-5-15)17(2)14(18)20/h3,6-7H,4-5,8H2,1-2H3. The molecule has 0 radical (unpaired) electrons. The van der Waals surface area contributed by atoms with Gasteiger partial charge in [0.25, 0.3) is 5.91 Å². The average Bonchev–Trinajstić information content (AvgIpc) is 3.14. The van der Waals surface area contributed by atoms with E-state index in [2.05, 4.69) is 4.98 Å². The molecule has 1 saturated heterocycles. The number of hydrogen-bond acceptors (Lipinski definition) is 4. The lowest BCUT2D eigenvalue weighted by molar-refractivity contribution is -0.129. The Morgan fingerprint density at radius 3 is 2.76 bits per heavy atom. The largest absolute Gasteiger partial charge is 0.327 e. The van der Waals surface area contributed by atoms with Gasteiger partial charge in [-0.25, -0.2) is 4.79 Å². The Balaban J connectivity index is 1.67. The molecule has 3 amide bonds. The van der Waals surface area contributed by atoms with Crippen LogP contribution in [0.2, 0.25) is 0 Å². The summed E-state index contributed by atoms with van der Waals surface area (Å²) in [5.41, 5.74) is 1.58. The van der Waals surface area contributed by atoms with Gasteiger partial charge in [-0.2, -0.15) is 0 Å². The molecule has 2 aromatic rings. The van der Waals surface area contributed by atoms with Crippen molar-refractivity contribution in [2.75, 3.05) is 7.05 Å². The van der Waals surface area contributed by atoms with Crippen LogP contribution in [0.5, 0.6) is 0 Å². The lowest BCUT2D eigenvalue weighted by atomic mass is 10.2. The Labute approximate surface area is 126 Å². The molecule has 1 saturated carbocycles. The highest BCUT2D eigenvalue weighted by Gasteiger charge is 2.63. The van der Waals surface area contributed by atoms with E-state index in [0.29, 0.717) is 6.54 Å². The first-order chi connectivity index (χ1) is 10.0. The van der Waals surface area contributed by atoms with E-state index >= 15 is 0 Å². The minimum absolute atomic E-state index is 0.0443. The molecule has 1 aliphatic heterocycles. The molecule has 1 spiro atoms. The van der Waals surface area contributed by atoms with Crippen LogP contribution in [0.4, 0.5) is 4.79 Å². The van der Waals surface area contributed by atoms with Gasteiger partial charge in [-0.05, 0) is 37.5 Å². The topological polar surface area (TPSA) is 53.5 Å². The molecule has 0 aromatic carbocycles. The summed E-state index contributed by atoms with van der Waals surface area (Å²) in [6, 6.07) is 3.77. The summed E-state index contributed by atoms with van der Waals surface area (Å²) in [6.45, 7) is 2.40. The average molecular weight is 301 g/mol. The molecule has 2 fully saturated rings. The van der Waals surface area contributed by atoms with E-state index in [9.17, 15) is 9.59 Å². The molecule has 0 unspecified atom stereocenters. The van der Waals surface area contributed by atoms with Crippen LogP contribution in [0.25, 0.3) is 10.2 Å². The highest BCUT2D eigenvalue weighted by Crippen LogP contribution is 2.47. The van der Waals surface area contributed by atoms with Gasteiger partial charge in [-0.1, -0.05) is 0 Å². The number of carbonyl (C=O) groups excluding carboxylic acids is 2. The molecule has 4 rings (SSSR count). The van der Waals surface area contributed by atoms with E-state index in [1.165, 1.54) is 10.5 Å². The van der Waals surface area contributed by atoms with Gasteiger partial charge in [-0.3, -0.25) is 14.7 Å². The van der Waals surface area contributed by atoms with Gasteiger partial charge >= 0.3 is 6.03 Å². The molecule has 2 aromatic heterocycles. The van der Waals surface area contributed by atoms with Crippen LogP contribution in [0, 0.1) is 6.92 Å². The Morgan fingerprint density at radius 2 is 2.14 bits per heavy atom. The SMILES string of the molecule is Cc1ccnc2cc(CN3C(=O)N(C)C4(CC4)C3=O)sc12. The maximum Gasteiger partial charge on any atom is 0.327 e. The minimum Gasteiger partial charge on any atom is -0.313 e. The fourth-order valence-electron chi connectivity index (χ4n) is 3.00. The van der Waals surface area contributed by atoms with E-state index in [-0.39, 0.29) is 11.9 Å². The molecular formula is C15H15N3O2S. The Morgan fingerprint density at radius 1 is 1.38 bits per heavy atom. The van der Waals surface area contributed by atoms with Crippen molar-refractivity contribution in [3.05, 3.63) is 28.8 Å². The first-order valence-electron chi connectivity index (χ1n) is 6.97. The minimum atomic E-state index is -0.526. The van der Waals surface area contributed by atoms with Crippen molar-refractivity contribution in [3.63, 3.8) is 0 Å². The van der Waals surface area contributed by atoms with Crippen molar-refractivity contribution in [1.82, 2.24) is 14.8 Å². The van der Waals surface area contributed by atoms with Crippen LogP contribution in [0.15, 0.2) is 18.3 Å². The molecule has 108 valence electrons. The molecule has 0 atom stereocenters. The molecule has 1 aliphatic carbocycles. The molecule has 6 heteroatoms. The summed E-state index contributed by atoms with van der Waals surface area (Å²) in [7, 11) is 1.73. The number of aromatic nitrogens is 1. The van der Waals surface area contributed by atoms with Crippen LogP contribution in [-0.4, -0.2) is 39.3 Å². The third-order valence-corrected chi connectivity index (χ3v) is 5.74. The number of pyridine rings is 1. The molecule has 0 bridgehead atoms. The fourth-order valence-corrected chi connectivity index (χ4v) is 4.07. The Kier molecular flexibility index (Phi) is 2.45. The van der Waals surface area contributed by atoms with Crippen LogP contribution in [-0.2, 0) is 11.3 Å². The Hall–Kier alpha value is -1.95. The van der Waals surface area contributed by atoms with Gasteiger partial charge in [0.1, 0.15) is 5.54 Å². The van der Waals surface area contributed by atoms with Gasteiger partial charge in [0.05, 0.1) is 16.8 Å². The second kappa shape index (κ2) is 4.04. The van der Waals surface area contributed by atoms with Crippen LogP contribution >= 0.6 is 11.3 Å². The quantitative estimate of drug-likeness (QED) is 0.801. The van der Waals surface area contributed by atoms with Crippen molar-refractivity contribution in [3.8, 4) is 0 Å². The molecule has 5 nitrogen and oxygen atoms in total. The van der Waals surface area contributed by atoms with Crippen molar-refractivity contribution < 1.29 is 9.59 Å². The third kappa shape index (κ3) is 1.65. The number of urea groups is 1. The van der Waals surface area contributed by atoms with Gasteiger partial charge in [-0.15, -0.1) is 11.3 Å². The summed E-state index contributed by atoms with van der Waals surface area (Å²) in [5.74, 6) is -0.0443. The van der Waals surface area contributed by atoms with Crippen molar-refractivity contribution in [2.45, 2.75) is 31.8 Å². The highest BCUT2D eigenvalue weighted by molar-refractivity contribution is 7.19. The summed E-state index contributed by atoms with van der Waals surface area (Å²) >= 11 is 1.61. The summed E-state index contributed by atoms with van der Waals surface area (Å²) < 4.78 is 1.13. The number of fused-ring (bicyclic) bond motifs is 1. The van der Waals surface area contributed by atoms with E-state index in [0.717, 1.165) is 27.9 Å². The number of carbonyl (C=O) groups is 2. The van der Waals surface area contributed by atoms with Crippen molar-refractivity contribution in [2.24, 2.45) is 0 Å². The summed E-state index contributed by atoms with van der Waals surface area (Å²) in [5, 5.41) is 0. The molecular weight excluding hydrogens is 286 g/mol. The monoisotopic (exact) mass is 301 g/mol. The summed E-state index contributed by atoms with van der Waals surface area (Å²) in [4.78, 5) is 33.1. The molecule has 0 N–H and O–H groups in total. The van der Waals surface area contributed by atoms with E-state index in [4.69, 9.17) is 0 Å². The number of aryl methyl sites for hydroxylation is 1. The molecule has 21 heavy (non-hydrogen) atoms. The Bertz CT molecular complexity index is 778. The van der Waals surface area contributed by atoms with Crippen molar-refractivity contribution >= 4 is 33.5 Å². The number of hydrogen-bond donors (Lipinski definition) is 0. The number of rotatable bonds is 2.